The van der Waals surface area contributed by atoms with Crippen molar-refractivity contribution in [1.82, 2.24) is 5.32 Å². The molecular weight excluding hydrogens is 155 g/mol. The fourth-order valence-corrected chi connectivity index (χ4v) is 1.93. The smallest absolute Gasteiger partial charge is 0.301 e. The summed E-state index contributed by atoms with van der Waals surface area (Å²) < 4.78 is 36.2. The summed E-state index contributed by atoms with van der Waals surface area (Å²) in [6, 6.07) is -1.24. The predicted molar refractivity (Wildman–Crippen MR) is 34.1 cm³/mol. The van der Waals surface area contributed by atoms with Crippen LogP contribution >= 0.6 is 0 Å². The third-order valence-electron chi connectivity index (χ3n) is 2.83. The molecule has 0 aromatic heterocycles. The van der Waals surface area contributed by atoms with Crippen LogP contribution in [0.25, 0.3) is 0 Å². The van der Waals surface area contributed by atoms with Crippen molar-refractivity contribution < 1.29 is 13.2 Å². The van der Waals surface area contributed by atoms with Crippen molar-refractivity contribution >= 4 is 0 Å². The molecule has 1 aliphatic carbocycles. The Kier molecular flexibility index (Phi) is 1.17. The number of piperidine rings is 1. The van der Waals surface area contributed by atoms with E-state index in [1.807, 2.05) is 6.92 Å². The second-order valence-corrected chi connectivity index (χ2v) is 3.79. The predicted octanol–water partition coefficient (Wildman–Crippen LogP) is 1.69. The molecule has 1 saturated carbocycles. The van der Waals surface area contributed by atoms with Crippen molar-refractivity contribution in [3.05, 3.63) is 0 Å². The Morgan fingerprint density at radius 2 is 2.09 bits per heavy atom. The maximum atomic E-state index is 12.1. The van der Waals surface area contributed by atoms with Crippen molar-refractivity contribution in [2.45, 2.75) is 37.5 Å². The first-order valence-corrected chi connectivity index (χ1v) is 3.76. The summed E-state index contributed by atoms with van der Waals surface area (Å²) >= 11 is 0. The Morgan fingerprint density at radius 3 is 2.36 bits per heavy atom. The van der Waals surface area contributed by atoms with Gasteiger partial charge in [-0.1, -0.05) is 0 Å². The summed E-state index contributed by atoms with van der Waals surface area (Å²) in [4.78, 5) is 0. The maximum Gasteiger partial charge on any atom is 0.403 e. The molecule has 3 unspecified atom stereocenters. The molecule has 4 heteroatoms. The number of nitrogens with one attached hydrogen (secondary N) is 1. The van der Waals surface area contributed by atoms with Crippen LogP contribution in [0.5, 0.6) is 0 Å². The van der Waals surface area contributed by atoms with E-state index in [1.54, 1.807) is 0 Å². The molecule has 2 rings (SSSR count). The van der Waals surface area contributed by atoms with Gasteiger partial charge >= 0.3 is 6.18 Å². The molecule has 0 amide bonds. The van der Waals surface area contributed by atoms with Gasteiger partial charge in [0.15, 0.2) is 0 Å². The van der Waals surface area contributed by atoms with Crippen molar-refractivity contribution in [2.75, 3.05) is 0 Å². The molecule has 0 aromatic rings. The second-order valence-electron chi connectivity index (χ2n) is 3.79. The minimum atomic E-state index is -4.05. The first-order valence-electron chi connectivity index (χ1n) is 3.76. The topological polar surface area (TPSA) is 12.0 Å². The Bertz CT molecular complexity index is 189. The lowest BCUT2D eigenvalue weighted by Crippen LogP contribution is -2.43. The van der Waals surface area contributed by atoms with E-state index in [9.17, 15) is 13.2 Å². The molecule has 0 aromatic carbocycles. The minimum absolute atomic E-state index is 0.180. The average molecular weight is 165 g/mol. The molecule has 1 nitrogen and oxygen atoms in total. The first kappa shape index (κ1) is 7.40. The molecule has 0 spiro atoms. The van der Waals surface area contributed by atoms with E-state index in [-0.39, 0.29) is 17.9 Å². The third kappa shape index (κ3) is 1.04. The van der Waals surface area contributed by atoms with Crippen LogP contribution in [0, 0.1) is 5.92 Å². The third-order valence-corrected chi connectivity index (χ3v) is 2.83. The summed E-state index contributed by atoms with van der Waals surface area (Å²) in [5, 5.41) is 2.62. The van der Waals surface area contributed by atoms with Gasteiger partial charge in [0.25, 0.3) is 0 Å². The number of hydrogen-bond acceptors (Lipinski definition) is 1. The van der Waals surface area contributed by atoms with Gasteiger partial charge in [-0.05, 0) is 25.7 Å². The molecule has 0 bridgehead atoms. The van der Waals surface area contributed by atoms with Crippen molar-refractivity contribution in [2.24, 2.45) is 5.92 Å². The van der Waals surface area contributed by atoms with Crippen molar-refractivity contribution in [3.63, 3.8) is 0 Å². The molecule has 11 heavy (non-hydrogen) atoms. The van der Waals surface area contributed by atoms with Gasteiger partial charge < -0.3 is 5.32 Å². The summed E-state index contributed by atoms with van der Waals surface area (Å²) in [6.45, 7) is 1.86. The van der Waals surface area contributed by atoms with Gasteiger partial charge in [-0.25, -0.2) is 0 Å². The average Bonchev–Trinajstić information content (AvgIpc) is 2.30. The van der Waals surface area contributed by atoms with Crippen LogP contribution in [-0.2, 0) is 0 Å². The highest BCUT2D eigenvalue weighted by atomic mass is 19.4. The van der Waals surface area contributed by atoms with E-state index in [0.29, 0.717) is 0 Å². The van der Waals surface area contributed by atoms with E-state index in [4.69, 9.17) is 0 Å². The highest BCUT2D eigenvalue weighted by molar-refractivity contribution is 5.15. The van der Waals surface area contributed by atoms with Crippen LogP contribution in [0.1, 0.15) is 19.8 Å². The van der Waals surface area contributed by atoms with Gasteiger partial charge in [0.05, 0.1) is 0 Å². The molecule has 1 saturated heterocycles. The fourth-order valence-electron chi connectivity index (χ4n) is 1.93. The quantitative estimate of drug-likeness (QED) is 0.576. The molecular formula is C7H10F3N. The lowest BCUT2D eigenvalue weighted by atomic mass is 10.2. The maximum absolute atomic E-state index is 12.1. The van der Waals surface area contributed by atoms with E-state index in [1.165, 1.54) is 0 Å². The van der Waals surface area contributed by atoms with Crippen LogP contribution in [0.4, 0.5) is 13.2 Å². The molecule has 0 radical (unpaired) electrons. The van der Waals surface area contributed by atoms with Gasteiger partial charge in [-0.15, -0.1) is 0 Å². The first-order chi connectivity index (χ1) is 4.92. The van der Waals surface area contributed by atoms with Crippen molar-refractivity contribution in [1.29, 1.82) is 0 Å². The zero-order valence-corrected chi connectivity index (χ0v) is 6.20. The molecule has 1 heterocycles. The molecule has 1 N–H and O–H groups in total. The number of rotatable bonds is 0. The highest BCUT2D eigenvalue weighted by Crippen LogP contribution is 2.53. The zero-order valence-electron chi connectivity index (χ0n) is 6.20. The molecule has 3 atom stereocenters. The minimum Gasteiger partial charge on any atom is -0.301 e. The standard InChI is InChI=1S/C7H10F3N/c1-6-3-4(6)2-5(11-6)7(8,9)10/h4-5,11H,2-3H2,1H3. The van der Waals surface area contributed by atoms with Crippen LogP contribution in [0.2, 0.25) is 0 Å². The number of fused-ring (bicyclic) bond motifs is 1. The van der Waals surface area contributed by atoms with Crippen molar-refractivity contribution in [3.8, 4) is 0 Å². The zero-order chi connectivity index (χ0) is 8.28. The number of hydrogen-bond donors (Lipinski definition) is 1. The Morgan fingerprint density at radius 1 is 1.45 bits per heavy atom. The van der Waals surface area contributed by atoms with E-state index >= 15 is 0 Å². The van der Waals surface area contributed by atoms with Gasteiger partial charge in [0.1, 0.15) is 6.04 Å². The Balaban J connectivity index is 2.03. The summed E-state index contributed by atoms with van der Waals surface area (Å²) in [7, 11) is 0. The molecule has 2 fully saturated rings. The lowest BCUT2D eigenvalue weighted by Gasteiger charge is -2.18. The van der Waals surface area contributed by atoms with Gasteiger partial charge in [0.2, 0.25) is 0 Å². The van der Waals surface area contributed by atoms with Gasteiger partial charge in [-0.3, -0.25) is 0 Å². The van der Waals surface area contributed by atoms with Gasteiger partial charge in [-0.2, -0.15) is 13.2 Å². The van der Waals surface area contributed by atoms with Crippen LogP contribution in [-0.4, -0.2) is 17.8 Å². The van der Waals surface area contributed by atoms with E-state index in [2.05, 4.69) is 5.32 Å². The fraction of sp³-hybridized carbons (Fsp3) is 1.00. The summed E-state index contributed by atoms with van der Waals surface area (Å²) in [5.74, 6) is 0.272. The van der Waals surface area contributed by atoms with Gasteiger partial charge in [0, 0.05) is 5.54 Å². The van der Waals surface area contributed by atoms with E-state index in [0.717, 1.165) is 6.42 Å². The largest absolute Gasteiger partial charge is 0.403 e. The van der Waals surface area contributed by atoms with Crippen LogP contribution in [0.15, 0.2) is 0 Å². The van der Waals surface area contributed by atoms with E-state index < -0.39 is 12.2 Å². The molecule has 2 aliphatic rings. The second kappa shape index (κ2) is 1.73. The number of alkyl halides is 3. The molecule has 64 valence electrons. The Labute approximate surface area is 63.0 Å². The van der Waals surface area contributed by atoms with Crippen LogP contribution in [0.3, 0.4) is 0 Å². The highest BCUT2D eigenvalue weighted by Gasteiger charge is 2.62. The monoisotopic (exact) mass is 165 g/mol. The Hall–Kier alpha value is -0.250. The lowest BCUT2D eigenvalue weighted by molar-refractivity contribution is -0.155. The normalized spacial score (nSPS) is 49.1. The molecule has 1 aliphatic heterocycles. The van der Waals surface area contributed by atoms with Crippen LogP contribution < -0.4 is 5.32 Å². The summed E-state index contributed by atoms with van der Waals surface area (Å²) in [6.07, 6.45) is -2.85. The SMILES string of the molecule is CC12CC1CC(C(F)(F)F)N2. The number of halogens is 3. The summed E-state index contributed by atoms with van der Waals surface area (Å²) in [5.41, 5.74) is -0.180.